The summed E-state index contributed by atoms with van der Waals surface area (Å²) in [5.41, 5.74) is -0.229. The average molecular weight is 256 g/mol. The molecule has 18 heavy (non-hydrogen) atoms. The van der Waals surface area contributed by atoms with E-state index in [9.17, 15) is 13.2 Å². The lowest BCUT2D eigenvalue weighted by molar-refractivity contribution is -0.137. The predicted octanol–water partition coefficient (Wildman–Crippen LogP) is 2.57. The van der Waals surface area contributed by atoms with Crippen molar-refractivity contribution in [2.24, 2.45) is 0 Å². The summed E-state index contributed by atoms with van der Waals surface area (Å²) in [4.78, 5) is 8.12. The summed E-state index contributed by atoms with van der Waals surface area (Å²) in [6.07, 6.45) is -1.94. The highest BCUT2D eigenvalue weighted by molar-refractivity contribution is 5.78. The van der Waals surface area contributed by atoms with Gasteiger partial charge in [-0.05, 0) is 24.6 Å². The molecule has 6 heteroatoms. The second-order valence-corrected chi connectivity index (χ2v) is 3.88. The minimum absolute atomic E-state index is 0.0361. The number of nitrogens with zero attached hydrogens (tertiary/aromatic N) is 2. The Hall–Kier alpha value is -1.69. The van der Waals surface area contributed by atoms with Crippen LogP contribution in [0.3, 0.4) is 0 Å². The van der Waals surface area contributed by atoms with Crippen LogP contribution >= 0.6 is 0 Å². The van der Waals surface area contributed by atoms with Gasteiger partial charge in [-0.15, -0.1) is 0 Å². The second-order valence-electron chi connectivity index (χ2n) is 3.88. The fourth-order valence-corrected chi connectivity index (χ4v) is 1.61. The largest absolute Gasteiger partial charge is 0.416 e. The highest BCUT2D eigenvalue weighted by Gasteiger charge is 2.30. The highest BCUT2D eigenvalue weighted by Crippen LogP contribution is 2.30. The van der Waals surface area contributed by atoms with Crippen molar-refractivity contribution in [1.82, 2.24) is 9.97 Å². The Morgan fingerprint density at radius 1 is 1.22 bits per heavy atom. The molecule has 1 heterocycles. The number of rotatable bonds is 3. The molecule has 0 atom stereocenters. The number of aliphatic hydroxyl groups is 1. The number of hydrogen-bond acceptors (Lipinski definition) is 3. The first kappa shape index (κ1) is 12.8. The number of fused-ring (bicyclic) bond motifs is 1. The Morgan fingerprint density at radius 3 is 2.67 bits per heavy atom. The molecule has 0 radical (unpaired) electrons. The molecule has 0 bridgehead atoms. The molecule has 0 saturated heterocycles. The van der Waals surface area contributed by atoms with Crippen LogP contribution in [0.4, 0.5) is 13.2 Å². The van der Waals surface area contributed by atoms with E-state index in [1.54, 1.807) is 0 Å². The zero-order valence-corrected chi connectivity index (χ0v) is 9.41. The van der Waals surface area contributed by atoms with Gasteiger partial charge < -0.3 is 5.11 Å². The van der Waals surface area contributed by atoms with Gasteiger partial charge in [-0.2, -0.15) is 13.2 Å². The zero-order valence-electron chi connectivity index (χ0n) is 9.41. The summed E-state index contributed by atoms with van der Waals surface area (Å²) in [6.45, 7) is 0.0361. The van der Waals surface area contributed by atoms with Crippen LogP contribution in [0.2, 0.25) is 0 Å². The van der Waals surface area contributed by atoms with E-state index in [1.165, 1.54) is 12.3 Å². The van der Waals surface area contributed by atoms with Crippen molar-refractivity contribution in [2.75, 3.05) is 6.61 Å². The van der Waals surface area contributed by atoms with Gasteiger partial charge in [-0.3, -0.25) is 0 Å². The van der Waals surface area contributed by atoms with E-state index in [2.05, 4.69) is 9.97 Å². The molecule has 0 saturated carbocycles. The van der Waals surface area contributed by atoms with Crippen LogP contribution in [0, 0.1) is 0 Å². The monoisotopic (exact) mass is 256 g/mol. The standard InChI is InChI=1S/C12H11F3N2O/c13-12(14,15)9-3-4-10-8(6-9)7-16-11(17-10)2-1-5-18/h3-4,6-7,18H,1-2,5H2. The quantitative estimate of drug-likeness (QED) is 0.918. The molecule has 0 fully saturated rings. The minimum Gasteiger partial charge on any atom is -0.396 e. The Bertz CT molecular complexity index is 555. The maximum absolute atomic E-state index is 12.5. The Kier molecular flexibility index (Phi) is 3.47. The molecule has 0 unspecified atom stereocenters. The maximum Gasteiger partial charge on any atom is 0.416 e. The van der Waals surface area contributed by atoms with Gasteiger partial charge in [0, 0.05) is 24.6 Å². The molecular formula is C12H11F3N2O. The van der Waals surface area contributed by atoms with Gasteiger partial charge in [0.15, 0.2) is 0 Å². The first-order valence-electron chi connectivity index (χ1n) is 5.44. The van der Waals surface area contributed by atoms with Crippen LogP contribution in [0.15, 0.2) is 24.4 Å². The van der Waals surface area contributed by atoms with Gasteiger partial charge in [0.1, 0.15) is 5.82 Å². The number of aliphatic hydroxyl groups excluding tert-OH is 1. The molecule has 2 aromatic rings. The number of aryl methyl sites for hydroxylation is 1. The summed E-state index contributed by atoms with van der Waals surface area (Å²) in [7, 11) is 0. The van der Waals surface area contributed by atoms with E-state index in [0.717, 1.165) is 12.1 Å². The van der Waals surface area contributed by atoms with Gasteiger partial charge in [-0.1, -0.05) is 0 Å². The minimum atomic E-state index is -4.36. The molecule has 96 valence electrons. The van der Waals surface area contributed by atoms with Crippen molar-refractivity contribution < 1.29 is 18.3 Å². The van der Waals surface area contributed by atoms with Crippen molar-refractivity contribution >= 4 is 10.9 Å². The Labute approximate surface area is 101 Å². The van der Waals surface area contributed by atoms with Crippen molar-refractivity contribution in [1.29, 1.82) is 0 Å². The fraction of sp³-hybridized carbons (Fsp3) is 0.333. The van der Waals surface area contributed by atoms with Crippen LogP contribution in [0.1, 0.15) is 17.8 Å². The number of hydrogen-bond donors (Lipinski definition) is 1. The molecule has 0 aliphatic carbocycles. The predicted molar refractivity (Wildman–Crippen MR) is 59.9 cm³/mol. The Balaban J connectivity index is 2.36. The smallest absolute Gasteiger partial charge is 0.396 e. The van der Waals surface area contributed by atoms with Crippen LogP contribution in [0.5, 0.6) is 0 Å². The topological polar surface area (TPSA) is 46.0 Å². The van der Waals surface area contributed by atoms with E-state index in [0.29, 0.717) is 29.6 Å². The van der Waals surface area contributed by atoms with Crippen molar-refractivity contribution in [3.63, 3.8) is 0 Å². The lowest BCUT2D eigenvalue weighted by Gasteiger charge is -2.07. The summed E-state index contributed by atoms with van der Waals surface area (Å²) in [5, 5.41) is 9.05. The third-order valence-corrected chi connectivity index (χ3v) is 2.52. The van der Waals surface area contributed by atoms with E-state index in [4.69, 9.17) is 5.11 Å². The molecule has 1 N–H and O–H groups in total. The van der Waals surface area contributed by atoms with E-state index in [-0.39, 0.29) is 6.61 Å². The van der Waals surface area contributed by atoms with Gasteiger partial charge in [0.2, 0.25) is 0 Å². The molecule has 0 amide bonds. The first-order valence-corrected chi connectivity index (χ1v) is 5.44. The van der Waals surface area contributed by atoms with E-state index < -0.39 is 11.7 Å². The summed E-state index contributed by atoms with van der Waals surface area (Å²) < 4.78 is 37.5. The number of aromatic nitrogens is 2. The highest BCUT2D eigenvalue weighted by atomic mass is 19.4. The first-order chi connectivity index (χ1) is 8.50. The third kappa shape index (κ3) is 2.76. The normalized spacial score (nSPS) is 12.0. The van der Waals surface area contributed by atoms with Gasteiger partial charge in [0.05, 0.1) is 11.1 Å². The molecule has 0 spiro atoms. The van der Waals surface area contributed by atoms with E-state index in [1.807, 2.05) is 0 Å². The van der Waals surface area contributed by atoms with Crippen LogP contribution < -0.4 is 0 Å². The Morgan fingerprint density at radius 2 is 2.00 bits per heavy atom. The molecule has 3 nitrogen and oxygen atoms in total. The van der Waals surface area contributed by atoms with Crippen LogP contribution in [0.25, 0.3) is 10.9 Å². The SMILES string of the molecule is OCCCc1ncc2cc(C(F)(F)F)ccc2n1. The number of benzene rings is 1. The second kappa shape index (κ2) is 4.89. The summed E-state index contributed by atoms with van der Waals surface area (Å²) in [6, 6.07) is 3.37. The maximum atomic E-state index is 12.5. The third-order valence-electron chi connectivity index (χ3n) is 2.52. The van der Waals surface area contributed by atoms with Crippen molar-refractivity contribution in [2.45, 2.75) is 19.0 Å². The van der Waals surface area contributed by atoms with Crippen molar-refractivity contribution in [3.05, 3.63) is 35.8 Å². The average Bonchev–Trinajstić information content (AvgIpc) is 2.34. The zero-order chi connectivity index (χ0) is 13.2. The summed E-state index contributed by atoms with van der Waals surface area (Å²) in [5.74, 6) is 0.524. The van der Waals surface area contributed by atoms with Gasteiger partial charge >= 0.3 is 6.18 Å². The van der Waals surface area contributed by atoms with Crippen LogP contribution in [-0.2, 0) is 12.6 Å². The molecule has 0 aliphatic rings. The fourth-order valence-electron chi connectivity index (χ4n) is 1.61. The molecule has 0 aliphatic heterocycles. The molecule has 2 rings (SSSR count). The van der Waals surface area contributed by atoms with E-state index >= 15 is 0 Å². The summed E-state index contributed by atoms with van der Waals surface area (Å²) >= 11 is 0. The van der Waals surface area contributed by atoms with Gasteiger partial charge in [-0.25, -0.2) is 9.97 Å². The van der Waals surface area contributed by atoms with Gasteiger partial charge in [0.25, 0.3) is 0 Å². The lowest BCUT2D eigenvalue weighted by atomic mass is 10.1. The molecule has 1 aromatic carbocycles. The number of alkyl halides is 3. The molecular weight excluding hydrogens is 245 g/mol. The van der Waals surface area contributed by atoms with Crippen LogP contribution in [-0.4, -0.2) is 21.7 Å². The molecule has 1 aromatic heterocycles. The van der Waals surface area contributed by atoms with Crippen molar-refractivity contribution in [3.8, 4) is 0 Å². The lowest BCUT2D eigenvalue weighted by Crippen LogP contribution is -2.05. The number of halogens is 3.